The van der Waals surface area contributed by atoms with Crippen LogP contribution in [-0.2, 0) is 6.54 Å². The second-order valence-corrected chi connectivity index (χ2v) is 4.85. The number of aromatic hydroxyl groups is 1. The first-order valence-corrected chi connectivity index (χ1v) is 6.40. The zero-order valence-corrected chi connectivity index (χ0v) is 11.3. The number of rotatable bonds is 4. The summed E-state index contributed by atoms with van der Waals surface area (Å²) in [5, 5.41) is 12.8. The summed E-state index contributed by atoms with van der Waals surface area (Å²) in [4.78, 5) is 0. The van der Waals surface area contributed by atoms with Gasteiger partial charge in [0.2, 0.25) is 0 Å². The highest BCUT2D eigenvalue weighted by molar-refractivity contribution is 6.30. The van der Waals surface area contributed by atoms with Crippen molar-refractivity contribution in [3.63, 3.8) is 0 Å². The predicted molar refractivity (Wildman–Crippen MR) is 74.8 cm³/mol. The predicted octanol–water partition coefficient (Wildman–Crippen LogP) is 4.04. The molecule has 0 aromatic heterocycles. The van der Waals surface area contributed by atoms with Crippen molar-refractivity contribution in [1.82, 2.24) is 5.32 Å². The summed E-state index contributed by atoms with van der Waals surface area (Å²) in [6, 6.07) is 11.9. The van der Waals surface area contributed by atoms with Crippen LogP contribution in [-0.4, -0.2) is 5.11 Å². The monoisotopic (exact) mass is 279 g/mol. The van der Waals surface area contributed by atoms with Gasteiger partial charge in [0.25, 0.3) is 0 Å². The fourth-order valence-electron chi connectivity index (χ4n) is 1.83. The maximum Gasteiger partial charge on any atom is 0.142 e. The lowest BCUT2D eigenvalue weighted by atomic mass is 10.1. The largest absolute Gasteiger partial charge is 0.508 e. The SMILES string of the molecule is CC(NCc1ccc(Cl)c(F)c1)c1cccc(O)c1. The fraction of sp³-hybridized carbons (Fsp3) is 0.200. The van der Waals surface area contributed by atoms with Gasteiger partial charge < -0.3 is 10.4 Å². The molecule has 0 aliphatic heterocycles. The van der Waals surface area contributed by atoms with Crippen molar-refractivity contribution in [1.29, 1.82) is 0 Å². The first kappa shape index (κ1) is 13.8. The second-order valence-electron chi connectivity index (χ2n) is 4.45. The molecule has 19 heavy (non-hydrogen) atoms. The third-order valence-corrected chi connectivity index (χ3v) is 3.27. The summed E-state index contributed by atoms with van der Waals surface area (Å²) in [6.45, 7) is 2.52. The van der Waals surface area contributed by atoms with E-state index in [9.17, 15) is 9.50 Å². The van der Waals surface area contributed by atoms with Crippen LogP contribution in [0.25, 0.3) is 0 Å². The Morgan fingerprint density at radius 2 is 2.05 bits per heavy atom. The van der Waals surface area contributed by atoms with Gasteiger partial charge in [-0.25, -0.2) is 4.39 Å². The quantitative estimate of drug-likeness (QED) is 0.885. The van der Waals surface area contributed by atoms with Crippen molar-refractivity contribution >= 4 is 11.6 Å². The van der Waals surface area contributed by atoms with E-state index in [1.165, 1.54) is 6.07 Å². The van der Waals surface area contributed by atoms with Crippen LogP contribution in [0.3, 0.4) is 0 Å². The van der Waals surface area contributed by atoms with Crippen molar-refractivity contribution in [2.45, 2.75) is 19.5 Å². The van der Waals surface area contributed by atoms with E-state index in [1.54, 1.807) is 30.3 Å². The van der Waals surface area contributed by atoms with Crippen LogP contribution < -0.4 is 5.32 Å². The van der Waals surface area contributed by atoms with Crippen molar-refractivity contribution in [2.75, 3.05) is 0 Å². The van der Waals surface area contributed by atoms with Crippen molar-refractivity contribution in [3.8, 4) is 5.75 Å². The van der Waals surface area contributed by atoms with Crippen LogP contribution in [0, 0.1) is 5.82 Å². The lowest BCUT2D eigenvalue weighted by Gasteiger charge is -2.14. The van der Waals surface area contributed by atoms with Gasteiger partial charge in [0.05, 0.1) is 5.02 Å². The van der Waals surface area contributed by atoms with Crippen LogP contribution in [0.4, 0.5) is 4.39 Å². The molecule has 0 bridgehead atoms. The number of halogens is 2. The molecule has 0 saturated carbocycles. The summed E-state index contributed by atoms with van der Waals surface area (Å²) in [6.07, 6.45) is 0. The molecule has 0 heterocycles. The molecule has 0 amide bonds. The van der Waals surface area contributed by atoms with Gasteiger partial charge in [0.15, 0.2) is 0 Å². The van der Waals surface area contributed by atoms with Crippen LogP contribution in [0.5, 0.6) is 5.75 Å². The summed E-state index contributed by atoms with van der Waals surface area (Å²) < 4.78 is 13.3. The minimum Gasteiger partial charge on any atom is -0.508 e. The standard InChI is InChI=1S/C15H15ClFNO/c1-10(12-3-2-4-13(19)8-12)18-9-11-5-6-14(16)15(17)7-11/h2-8,10,18-19H,9H2,1H3. The molecule has 2 rings (SSSR count). The van der Waals surface area contributed by atoms with Crippen LogP contribution in [0.2, 0.25) is 5.02 Å². The summed E-state index contributed by atoms with van der Waals surface area (Å²) >= 11 is 5.63. The third-order valence-electron chi connectivity index (χ3n) is 2.97. The van der Waals surface area contributed by atoms with Crippen LogP contribution in [0.15, 0.2) is 42.5 Å². The fourth-order valence-corrected chi connectivity index (χ4v) is 1.95. The number of nitrogens with one attached hydrogen (secondary N) is 1. The van der Waals surface area contributed by atoms with Crippen molar-refractivity contribution < 1.29 is 9.50 Å². The Balaban J connectivity index is 2.00. The summed E-state index contributed by atoms with van der Waals surface area (Å²) in [7, 11) is 0. The van der Waals surface area contributed by atoms with Gasteiger partial charge >= 0.3 is 0 Å². The summed E-state index contributed by atoms with van der Waals surface area (Å²) in [5.74, 6) is -0.172. The van der Waals surface area contributed by atoms with Gasteiger partial charge in [-0.1, -0.05) is 29.8 Å². The lowest BCUT2D eigenvalue weighted by molar-refractivity contribution is 0.472. The van der Waals surface area contributed by atoms with Gasteiger partial charge in [-0.15, -0.1) is 0 Å². The number of phenols is 1. The summed E-state index contributed by atoms with van der Waals surface area (Å²) in [5.41, 5.74) is 1.81. The Labute approximate surface area is 116 Å². The Bertz CT molecular complexity index is 574. The average Bonchev–Trinajstić information content (AvgIpc) is 2.40. The molecule has 2 aromatic carbocycles. The van der Waals surface area contributed by atoms with Gasteiger partial charge in [-0.05, 0) is 42.3 Å². The molecule has 0 aliphatic rings. The van der Waals surface area contributed by atoms with E-state index < -0.39 is 5.82 Å². The highest BCUT2D eigenvalue weighted by Crippen LogP contribution is 2.19. The minimum absolute atomic E-state index is 0.0610. The number of hydrogen-bond acceptors (Lipinski definition) is 2. The maximum atomic E-state index is 13.3. The van der Waals surface area contributed by atoms with Gasteiger partial charge in [-0.2, -0.15) is 0 Å². The first-order valence-electron chi connectivity index (χ1n) is 6.02. The molecular weight excluding hydrogens is 265 g/mol. The molecule has 2 aromatic rings. The van der Waals surface area contributed by atoms with E-state index in [4.69, 9.17) is 11.6 Å². The number of hydrogen-bond donors (Lipinski definition) is 2. The maximum absolute atomic E-state index is 13.3. The second kappa shape index (κ2) is 6.04. The Kier molecular flexibility index (Phi) is 4.40. The van der Waals surface area contributed by atoms with Crippen LogP contribution in [0.1, 0.15) is 24.1 Å². The molecule has 0 radical (unpaired) electrons. The Morgan fingerprint density at radius 3 is 2.74 bits per heavy atom. The smallest absolute Gasteiger partial charge is 0.142 e. The molecule has 0 spiro atoms. The van der Waals surface area contributed by atoms with E-state index in [-0.39, 0.29) is 16.8 Å². The molecule has 4 heteroatoms. The van der Waals surface area contributed by atoms with Crippen molar-refractivity contribution in [2.24, 2.45) is 0 Å². The highest BCUT2D eigenvalue weighted by Gasteiger charge is 2.06. The van der Waals surface area contributed by atoms with E-state index in [2.05, 4.69) is 5.32 Å². The molecule has 1 atom stereocenters. The molecule has 0 fully saturated rings. The van der Waals surface area contributed by atoms with E-state index >= 15 is 0 Å². The normalized spacial score (nSPS) is 12.4. The lowest BCUT2D eigenvalue weighted by Crippen LogP contribution is -2.18. The molecule has 1 unspecified atom stereocenters. The van der Waals surface area contributed by atoms with Gasteiger partial charge in [0.1, 0.15) is 11.6 Å². The van der Waals surface area contributed by atoms with E-state index in [0.717, 1.165) is 11.1 Å². The zero-order valence-electron chi connectivity index (χ0n) is 10.5. The van der Waals surface area contributed by atoms with Crippen molar-refractivity contribution in [3.05, 3.63) is 64.4 Å². The highest BCUT2D eigenvalue weighted by atomic mass is 35.5. The van der Waals surface area contributed by atoms with E-state index in [1.807, 2.05) is 13.0 Å². The van der Waals surface area contributed by atoms with Gasteiger partial charge in [-0.3, -0.25) is 0 Å². The number of phenolic OH excluding ortho intramolecular Hbond substituents is 1. The Morgan fingerprint density at radius 1 is 1.26 bits per heavy atom. The Hall–Kier alpha value is -1.58. The molecular formula is C15H15ClFNO. The number of benzene rings is 2. The molecule has 0 aliphatic carbocycles. The van der Waals surface area contributed by atoms with Crippen LogP contribution >= 0.6 is 11.6 Å². The third kappa shape index (κ3) is 3.69. The minimum atomic E-state index is -0.411. The topological polar surface area (TPSA) is 32.3 Å². The average molecular weight is 280 g/mol. The first-order chi connectivity index (χ1) is 9.06. The molecule has 100 valence electrons. The molecule has 2 N–H and O–H groups in total. The molecule has 0 saturated heterocycles. The van der Waals surface area contributed by atoms with Gasteiger partial charge in [0, 0.05) is 12.6 Å². The molecule has 2 nitrogen and oxygen atoms in total. The van der Waals surface area contributed by atoms with E-state index in [0.29, 0.717) is 6.54 Å². The zero-order chi connectivity index (χ0) is 13.8.